The summed E-state index contributed by atoms with van der Waals surface area (Å²) in [7, 11) is -0.359. The van der Waals surface area contributed by atoms with Crippen LogP contribution in [-0.2, 0) is 16.6 Å². The van der Waals surface area contributed by atoms with Gasteiger partial charge in [-0.05, 0) is 43.6 Å². The third kappa shape index (κ3) is 5.17. The number of nitrogens with one attached hydrogen (secondary N) is 1. The van der Waals surface area contributed by atoms with Crippen LogP contribution in [0.5, 0.6) is 0 Å². The zero-order valence-corrected chi connectivity index (χ0v) is 16.1. The fourth-order valence-electron chi connectivity index (χ4n) is 2.98. The van der Waals surface area contributed by atoms with Gasteiger partial charge in [0.2, 0.25) is 10.0 Å². The maximum Gasteiger partial charge on any atom is 0.242 e. The van der Waals surface area contributed by atoms with E-state index in [1.54, 1.807) is 24.3 Å². The molecule has 0 amide bonds. The summed E-state index contributed by atoms with van der Waals surface area (Å²) in [6.45, 7) is 5.62. The van der Waals surface area contributed by atoms with Crippen molar-refractivity contribution >= 4 is 16.0 Å². The Labute approximate surface area is 151 Å². The molecule has 0 radical (unpaired) electrons. The quantitative estimate of drug-likeness (QED) is 0.550. The highest BCUT2D eigenvalue weighted by molar-refractivity contribution is 7.89. The highest BCUT2D eigenvalue weighted by atomic mass is 32.2. The number of benzene rings is 1. The van der Waals surface area contributed by atoms with Crippen LogP contribution in [-0.4, -0.2) is 63.4 Å². The molecule has 1 unspecified atom stereocenters. The summed E-state index contributed by atoms with van der Waals surface area (Å²) < 4.78 is 25.3. The van der Waals surface area contributed by atoms with Crippen LogP contribution in [0.1, 0.15) is 25.3 Å². The number of likely N-dealkylation sites (tertiary alicyclic amines) is 1. The molecule has 1 saturated heterocycles. The lowest BCUT2D eigenvalue weighted by Crippen LogP contribution is -2.42. The molecule has 1 fully saturated rings. The third-order valence-corrected chi connectivity index (χ3v) is 6.39. The van der Waals surface area contributed by atoms with E-state index in [1.807, 2.05) is 0 Å². The summed E-state index contributed by atoms with van der Waals surface area (Å²) >= 11 is 0. The van der Waals surface area contributed by atoms with Gasteiger partial charge >= 0.3 is 0 Å². The van der Waals surface area contributed by atoms with Crippen molar-refractivity contribution in [3.05, 3.63) is 29.8 Å². The van der Waals surface area contributed by atoms with Gasteiger partial charge in [0.05, 0.1) is 11.4 Å². The van der Waals surface area contributed by atoms with Crippen molar-refractivity contribution in [1.82, 2.24) is 14.5 Å². The van der Waals surface area contributed by atoms with Crippen LogP contribution >= 0.6 is 0 Å². The highest BCUT2D eigenvalue weighted by Gasteiger charge is 2.22. The highest BCUT2D eigenvalue weighted by Crippen LogP contribution is 2.16. The fourth-order valence-corrected chi connectivity index (χ4v) is 3.88. The van der Waals surface area contributed by atoms with Crippen molar-refractivity contribution in [3.8, 4) is 0 Å². The molecule has 0 aliphatic carbocycles. The summed E-state index contributed by atoms with van der Waals surface area (Å²) in [5.41, 5.74) is 6.86. The summed E-state index contributed by atoms with van der Waals surface area (Å²) in [6, 6.07) is 7.25. The minimum absolute atomic E-state index is 0.275. The van der Waals surface area contributed by atoms with Crippen molar-refractivity contribution in [2.24, 2.45) is 10.7 Å². The van der Waals surface area contributed by atoms with E-state index in [-0.39, 0.29) is 4.90 Å². The Hall–Kier alpha value is -1.64. The van der Waals surface area contributed by atoms with Crippen molar-refractivity contribution in [2.75, 3.05) is 33.7 Å². The lowest BCUT2D eigenvalue weighted by molar-refractivity contribution is 0.267. The Kier molecular flexibility index (Phi) is 6.80. The smallest absolute Gasteiger partial charge is 0.242 e. The predicted octanol–water partition coefficient (Wildman–Crippen LogP) is 0.826. The first kappa shape index (κ1) is 19.7. The van der Waals surface area contributed by atoms with Crippen LogP contribution in [0.2, 0.25) is 0 Å². The standard InChI is InChI=1S/C17H29N5O2S/c1-4-22-11-5-6-15(22)13-20-17(18)19-12-14-7-9-16(10-8-14)25(23,24)21(2)3/h7-10,15H,4-6,11-13H2,1-3H3,(H3,18,19,20). The number of rotatable bonds is 7. The lowest BCUT2D eigenvalue weighted by Gasteiger charge is -2.23. The van der Waals surface area contributed by atoms with E-state index in [2.05, 4.69) is 22.1 Å². The molecule has 0 spiro atoms. The number of hydrogen-bond donors (Lipinski definition) is 2. The van der Waals surface area contributed by atoms with E-state index in [1.165, 1.54) is 31.2 Å². The maximum absolute atomic E-state index is 12.0. The molecule has 140 valence electrons. The lowest BCUT2D eigenvalue weighted by atomic mass is 10.2. The molecular formula is C17H29N5O2S. The predicted molar refractivity (Wildman–Crippen MR) is 101 cm³/mol. The Morgan fingerprint density at radius 3 is 2.64 bits per heavy atom. The number of hydrogen-bond acceptors (Lipinski definition) is 4. The molecular weight excluding hydrogens is 338 g/mol. The molecule has 1 heterocycles. The Balaban J connectivity index is 1.88. The number of nitrogens with two attached hydrogens (primary N) is 1. The van der Waals surface area contributed by atoms with Gasteiger partial charge in [0.15, 0.2) is 5.96 Å². The third-order valence-electron chi connectivity index (χ3n) is 4.56. The number of guanidine groups is 1. The van der Waals surface area contributed by atoms with Gasteiger partial charge in [0, 0.05) is 26.7 Å². The second-order valence-electron chi connectivity index (χ2n) is 6.44. The van der Waals surface area contributed by atoms with Crippen LogP contribution in [0.4, 0.5) is 0 Å². The largest absolute Gasteiger partial charge is 0.370 e. The van der Waals surface area contributed by atoms with E-state index in [4.69, 9.17) is 5.73 Å². The zero-order valence-electron chi connectivity index (χ0n) is 15.3. The monoisotopic (exact) mass is 367 g/mol. The molecule has 8 heteroatoms. The van der Waals surface area contributed by atoms with Gasteiger partial charge < -0.3 is 11.1 Å². The van der Waals surface area contributed by atoms with Gasteiger partial charge in [0.25, 0.3) is 0 Å². The van der Waals surface area contributed by atoms with E-state index < -0.39 is 10.0 Å². The Bertz CT molecular complexity index is 685. The topological polar surface area (TPSA) is 91.0 Å². The average Bonchev–Trinajstić information content (AvgIpc) is 3.06. The number of nitrogens with zero attached hydrogens (tertiary/aromatic N) is 3. The Morgan fingerprint density at radius 1 is 1.36 bits per heavy atom. The molecule has 0 bridgehead atoms. The summed E-state index contributed by atoms with van der Waals surface area (Å²) in [5.74, 6) is 0.424. The van der Waals surface area contributed by atoms with Crippen LogP contribution < -0.4 is 11.1 Å². The summed E-state index contributed by atoms with van der Waals surface area (Å²) in [4.78, 5) is 7.06. The number of sulfonamides is 1. The molecule has 2 rings (SSSR count). The normalized spacial score (nSPS) is 19.5. The van der Waals surface area contributed by atoms with Crippen LogP contribution in [0.25, 0.3) is 0 Å². The summed E-state index contributed by atoms with van der Waals surface area (Å²) in [6.07, 6.45) is 2.43. The maximum atomic E-state index is 12.0. The number of aliphatic imine (C=N–C) groups is 1. The molecule has 25 heavy (non-hydrogen) atoms. The van der Waals surface area contributed by atoms with Gasteiger partial charge in [-0.15, -0.1) is 0 Å². The minimum Gasteiger partial charge on any atom is -0.370 e. The van der Waals surface area contributed by atoms with E-state index in [0.717, 1.165) is 25.2 Å². The average molecular weight is 368 g/mol. The van der Waals surface area contributed by atoms with Gasteiger partial charge in [0.1, 0.15) is 0 Å². The van der Waals surface area contributed by atoms with Crippen LogP contribution in [0.3, 0.4) is 0 Å². The molecule has 1 aromatic rings. The first-order chi connectivity index (χ1) is 11.8. The molecule has 3 N–H and O–H groups in total. The van der Waals surface area contributed by atoms with Crippen molar-refractivity contribution in [3.63, 3.8) is 0 Å². The summed E-state index contributed by atoms with van der Waals surface area (Å²) in [5, 5.41) is 3.19. The van der Waals surface area contributed by atoms with Crippen molar-refractivity contribution < 1.29 is 8.42 Å². The minimum atomic E-state index is -3.40. The molecule has 1 aliphatic rings. The zero-order chi connectivity index (χ0) is 18.4. The first-order valence-corrected chi connectivity index (χ1v) is 10.1. The first-order valence-electron chi connectivity index (χ1n) is 8.64. The molecule has 1 aliphatic heterocycles. The van der Waals surface area contributed by atoms with Gasteiger partial charge in [-0.1, -0.05) is 19.1 Å². The Morgan fingerprint density at radius 2 is 2.04 bits per heavy atom. The SMILES string of the molecule is CCN1CCCC1CNC(N)=NCc1ccc(S(=O)(=O)N(C)C)cc1. The second-order valence-corrected chi connectivity index (χ2v) is 8.59. The van der Waals surface area contributed by atoms with Gasteiger partial charge in [-0.25, -0.2) is 17.7 Å². The van der Waals surface area contributed by atoms with E-state index in [0.29, 0.717) is 18.5 Å². The molecule has 1 atom stereocenters. The molecule has 1 aromatic carbocycles. The van der Waals surface area contributed by atoms with Crippen LogP contribution in [0.15, 0.2) is 34.2 Å². The van der Waals surface area contributed by atoms with Crippen LogP contribution in [0, 0.1) is 0 Å². The van der Waals surface area contributed by atoms with Crippen molar-refractivity contribution in [2.45, 2.75) is 37.2 Å². The van der Waals surface area contributed by atoms with E-state index >= 15 is 0 Å². The molecule has 7 nitrogen and oxygen atoms in total. The van der Waals surface area contributed by atoms with Crippen molar-refractivity contribution in [1.29, 1.82) is 0 Å². The van der Waals surface area contributed by atoms with Gasteiger partial charge in [-0.2, -0.15) is 0 Å². The fraction of sp³-hybridized carbons (Fsp3) is 0.588. The number of likely N-dealkylation sites (N-methyl/N-ethyl adjacent to an activating group) is 1. The second kappa shape index (κ2) is 8.64. The molecule has 0 saturated carbocycles. The molecule has 0 aromatic heterocycles. The van der Waals surface area contributed by atoms with Gasteiger partial charge in [-0.3, -0.25) is 4.90 Å². The van der Waals surface area contributed by atoms with E-state index in [9.17, 15) is 8.42 Å².